The van der Waals surface area contributed by atoms with Crippen molar-refractivity contribution in [1.29, 1.82) is 0 Å². The van der Waals surface area contributed by atoms with Crippen molar-refractivity contribution in [3.63, 3.8) is 0 Å². The van der Waals surface area contributed by atoms with Crippen LogP contribution in [0.5, 0.6) is 0 Å². The van der Waals surface area contributed by atoms with Crippen molar-refractivity contribution in [2.45, 2.75) is 33.3 Å². The number of hydrogen-bond donors (Lipinski definition) is 0. The van der Waals surface area contributed by atoms with E-state index in [0.717, 1.165) is 21.5 Å². The minimum atomic E-state index is -0.558. The summed E-state index contributed by atoms with van der Waals surface area (Å²) in [4.78, 5) is 28.4. The lowest BCUT2D eigenvalue weighted by Crippen LogP contribution is -2.26. The van der Waals surface area contributed by atoms with Crippen LogP contribution in [0, 0.1) is 0 Å². The highest BCUT2D eigenvalue weighted by Gasteiger charge is 2.19. The monoisotopic (exact) mass is 372 g/mol. The fraction of sp³-hybridized carbons (Fsp3) is 0.316. The Bertz CT molecular complexity index is 965. The lowest BCUT2D eigenvalue weighted by Gasteiger charge is -2.19. The first-order valence-electron chi connectivity index (χ1n) is 8.26. The average molecular weight is 372 g/mol. The van der Waals surface area contributed by atoms with Gasteiger partial charge in [0.05, 0.1) is 12.1 Å². The number of benzene rings is 1. The smallest absolute Gasteiger partial charge is 0.418 e. The first-order chi connectivity index (χ1) is 12.3. The van der Waals surface area contributed by atoms with Gasteiger partial charge < -0.3 is 9.47 Å². The van der Waals surface area contributed by atoms with Gasteiger partial charge in [0.25, 0.3) is 0 Å². The van der Waals surface area contributed by atoms with Crippen LogP contribution in [0.3, 0.4) is 0 Å². The number of carbonyl (C=O) groups is 2. The van der Waals surface area contributed by atoms with E-state index in [2.05, 4.69) is 4.98 Å². The summed E-state index contributed by atoms with van der Waals surface area (Å²) in [7, 11) is 0. The number of aromatic nitrogens is 2. The predicted octanol–water partition coefficient (Wildman–Crippen LogP) is 4.72. The third-order valence-corrected chi connectivity index (χ3v) is 4.41. The van der Waals surface area contributed by atoms with Gasteiger partial charge in [-0.15, -0.1) is 11.3 Å². The van der Waals surface area contributed by atoms with Gasteiger partial charge in [0.1, 0.15) is 10.6 Å². The molecule has 7 heteroatoms. The second-order valence-electron chi connectivity index (χ2n) is 6.70. The molecule has 2 aromatic heterocycles. The van der Waals surface area contributed by atoms with Crippen LogP contribution in [0.4, 0.5) is 4.79 Å². The zero-order chi connectivity index (χ0) is 18.9. The number of rotatable bonds is 3. The Hall–Kier alpha value is -2.67. The first kappa shape index (κ1) is 18.1. The van der Waals surface area contributed by atoms with E-state index in [1.54, 1.807) is 18.5 Å². The van der Waals surface area contributed by atoms with Crippen LogP contribution in [0.25, 0.3) is 21.5 Å². The normalized spacial score (nSPS) is 11.5. The van der Waals surface area contributed by atoms with Gasteiger partial charge in [-0.25, -0.2) is 14.6 Å². The number of hydrogen-bond acceptors (Lipinski definition) is 6. The molecular formula is C19H20N2O4S. The van der Waals surface area contributed by atoms with Gasteiger partial charge in [-0.2, -0.15) is 0 Å². The lowest BCUT2D eigenvalue weighted by molar-refractivity contribution is 0.0516. The number of esters is 1. The Balaban J connectivity index is 1.89. The van der Waals surface area contributed by atoms with Crippen molar-refractivity contribution in [2.24, 2.45) is 0 Å². The summed E-state index contributed by atoms with van der Waals surface area (Å²) >= 11 is 1.38. The standard InChI is InChI=1S/C19H20N2O4S/c1-5-24-17(22)14-11-26-16(20-14)13-6-7-15-12(10-13)8-9-21(15)18(23)25-19(2,3)4/h6-11H,5H2,1-4H3. The average Bonchev–Trinajstić information content (AvgIpc) is 3.20. The van der Waals surface area contributed by atoms with E-state index < -0.39 is 17.7 Å². The highest BCUT2D eigenvalue weighted by atomic mass is 32.1. The van der Waals surface area contributed by atoms with E-state index >= 15 is 0 Å². The molecule has 0 saturated heterocycles. The largest absolute Gasteiger partial charge is 0.461 e. The van der Waals surface area contributed by atoms with E-state index in [-0.39, 0.29) is 0 Å². The minimum absolute atomic E-state index is 0.304. The number of nitrogens with zero attached hydrogens (tertiary/aromatic N) is 2. The number of thiazole rings is 1. The van der Waals surface area contributed by atoms with Gasteiger partial charge in [-0.3, -0.25) is 4.57 Å². The van der Waals surface area contributed by atoms with E-state index in [9.17, 15) is 9.59 Å². The quantitative estimate of drug-likeness (QED) is 0.622. The van der Waals surface area contributed by atoms with Crippen LogP contribution in [0.1, 0.15) is 38.2 Å². The number of carbonyl (C=O) groups excluding carboxylic acids is 2. The van der Waals surface area contributed by atoms with Gasteiger partial charge in [-0.05, 0) is 52.0 Å². The highest BCUT2D eigenvalue weighted by Crippen LogP contribution is 2.28. The Morgan fingerprint density at radius 3 is 2.69 bits per heavy atom. The van der Waals surface area contributed by atoms with Crippen molar-refractivity contribution in [3.8, 4) is 10.6 Å². The van der Waals surface area contributed by atoms with E-state index in [1.165, 1.54) is 15.9 Å². The molecule has 3 aromatic rings. The molecule has 136 valence electrons. The highest BCUT2D eigenvalue weighted by molar-refractivity contribution is 7.13. The van der Waals surface area contributed by atoms with Crippen LogP contribution < -0.4 is 0 Å². The molecule has 0 spiro atoms. The molecule has 6 nitrogen and oxygen atoms in total. The van der Waals surface area contributed by atoms with Gasteiger partial charge in [-0.1, -0.05) is 0 Å². The molecule has 3 rings (SSSR count). The second kappa shape index (κ2) is 6.92. The number of ether oxygens (including phenoxy) is 2. The Morgan fingerprint density at radius 1 is 1.23 bits per heavy atom. The van der Waals surface area contributed by atoms with Crippen molar-refractivity contribution in [1.82, 2.24) is 9.55 Å². The van der Waals surface area contributed by atoms with Crippen LogP contribution in [-0.2, 0) is 9.47 Å². The van der Waals surface area contributed by atoms with Crippen molar-refractivity contribution >= 4 is 34.3 Å². The molecule has 0 bridgehead atoms. The van der Waals surface area contributed by atoms with Gasteiger partial charge in [0.15, 0.2) is 5.69 Å². The maximum Gasteiger partial charge on any atom is 0.418 e. The van der Waals surface area contributed by atoms with Crippen LogP contribution in [-0.4, -0.2) is 33.8 Å². The fourth-order valence-corrected chi connectivity index (χ4v) is 3.24. The lowest BCUT2D eigenvalue weighted by atomic mass is 10.1. The van der Waals surface area contributed by atoms with Crippen LogP contribution >= 0.6 is 11.3 Å². The molecule has 0 fully saturated rings. The molecule has 0 N–H and O–H groups in total. The predicted molar refractivity (Wildman–Crippen MR) is 101 cm³/mol. The maximum absolute atomic E-state index is 12.3. The third kappa shape index (κ3) is 3.77. The minimum Gasteiger partial charge on any atom is -0.461 e. The molecule has 0 aliphatic heterocycles. The summed E-state index contributed by atoms with van der Waals surface area (Å²) in [5.41, 5.74) is 1.38. The molecule has 0 atom stereocenters. The van der Waals surface area contributed by atoms with Gasteiger partial charge >= 0.3 is 12.1 Å². The zero-order valence-electron chi connectivity index (χ0n) is 15.1. The molecule has 2 heterocycles. The molecule has 0 unspecified atom stereocenters. The molecule has 0 amide bonds. The topological polar surface area (TPSA) is 70.4 Å². The fourth-order valence-electron chi connectivity index (χ4n) is 2.45. The zero-order valence-corrected chi connectivity index (χ0v) is 15.9. The Labute approximate surface area is 155 Å². The van der Waals surface area contributed by atoms with Gasteiger partial charge in [0, 0.05) is 22.5 Å². The maximum atomic E-state index is 12.3. The van der Waals surface area contributed by atoms with Crippen molar-refractivity contribution < 1.29 is 19.1 Å². The molecular weight excluding hydrogens is 352 g/mol. The molecule has 0 radical (unpaired) electrons. The molecule has 26 heavy (non-hydrogen) atoms. The van der Waals surface area contributed by atoms with Crippen LogP contribution in [0.15, 0.2) is 35.8 Å². The Morgan fingerprint density at radius 2 is 2.00 bits per heavy atom. The summed E-state index contributed by atoms with van der Waals surface area (Å²) in [5, 5.41) is 3.30. The summed E-state index contributed by atoms with van der Waals surface area (Å²) in [6.45, 7) is 7.57. The van der Waals surface area contributed by atoms with Crippen molar-refractivity contribution in [2.75, 3.05) is 6.61 Å². The van der Waals surface area contributed by atoms with E-state index in [4.69, 9.17) is 9.47 Å². The summed E-state index contributed by atoms with van der Waals surface area (Å²) in [6.07, 6.45) is 1.27. The SMILES string of the molecule is CCOC(=O)c1csc(-c2ccc3c(ccn3C(=O)OC(C)(C)C)c2)n1. The first-order valence-corrected chi connectivity index (χ1v) is 9.14. The second-order valence-corrected chi connectivity index (χ2v) is 7.56. The third-order valence-electron chi connectivity index (χ3n) is 3.52. The van der Waals surface area contributed by atoms with Crippen molar-refractivity contribution in [3.05, 3.63) is 41.5 Å². The summed E-state index contributed by atoms with van der Waals surface area (Å²) < 4.78 is 11.9. The van der Waals surface area contributed by atoms with E-state index in [1.807, 2.05) is 45.0 Å². The summed E-state index contributed by atoms with van der Waals surface area (Å²) in [5.74, 6) is -0.424. The molecule has 0 saturated carbocycles. The van der Waals surface area contributed by atoms with E-state index in [0.29, 0.717) is 12.3 Å². The van der Waals surface area contributed by atoms with Gasteiger partial charge in [0.2, 0.25) is 0 Å². The molecule has 0 aliphatic carbocycles. The molecule has 1 aromatic carbocycles. The van der Waals surface area contributed by atoms with Crippen LogP contribution in [0.2, 0.25) is 0 Å². The number of fused-ring (bicyclic) bond motifs is 1. The Kier molecular flexibility index (Phi) is 4.82. The molecule has 0 aliphatic rings. The summed E-state index contributed by atoms with van der Waals surface area (Å²) in [6, 6.07) is 7.50.